The van der Waals surface area contributed by atoms with Crippen molar-refractivity contribution in [1.29, 1.82) is 0 Å². The highest BCUT2D eigenvalue weighted by atomic mass is 32.3. The molecule has 74 valence electrons. The van der Waals surface area contributed by atoms with Crippen LogP contribution in [-0.4, -0.2) is 22.6 Å². The van der Waals surface area contributed by atoms with Crippen molar-refractivity contribution >= 4 is 29.1 Å². The summed E-state index contributed by atoms with van der Waals surface area (Å²) in [6.45, 7) is 13.3. The van der Waals surface area contributed by atoms with Crippen molar-refractivity contribution in [1.82, 2.24) is 0 Å². The lowest BCUT2D eigenvalue weighted by molar-refractivity contribution is 0.0975. The van der Waals surface area contributed by atoms with Crippen LogP contribution in [0.5, 0.6) is 0 Å². The van der Waals surface area contributed by atoms with E-state index < -0.39 is 8.32 Å². The first-order valence-corrected chi connectivity index (χ1v) is 11.3. The Hall–Kier alpha value is 0.744. The van der Waals surface area contributed by atoms with Gasteiger partial charge in [-0.1, -0.05) is 6.92 Å². The lowest BCUT2D eigenvalue weighted by atomic mass is 10.1. The first kappa shape index (κ1) is 12.7. The van der Waals surface area contributed by atoms with Crippen molar-refractivity contribution in [3.8, 4) is 0 Å². The first-order valence-electron chi connectivity index (χ1n) is 4.50. The molecule has 0 aliphatic heterocycles. The van der Waals surface area contributed by atoms with Crippen LogP contribution in [0.3, 0.4) is 0 Å². The SMILES string of the molecule is CC([SiH2]S)C(C)(C)O[Si](C)(C)C. The van der Waals surface area contributed by atoms with Crippen molar-refractivity contribution in [2.24, 2.45) is 0 Å². The summed E-state index contributed by atoms with van der Waals surface area (Å²) in [5.74, 6) is 0. The zero-order valence-electron chi connectivity index (χ0n) is 9.14. The summed E-state index contributed by atoms with van der Waals surface area (Å²) in [5.41, 5.74) is 0.686. The zero-order valence-corrected chi connectivity index (χ0v) is 12.4. The Morgan fingerprint density at radius 3 is 2.00 bits per heavy atom. The average Bonchev–Trinajstić information content (AvgIpc) is 1.80. The number of hydrogen-bond acceptors (Lipinski definition) is 2. The topological polar surface area (TPSA) is 9.23 Å². The second-order valence-corrected chi connectivity index (χ2v) is 12.0. The maximum Gasteiger partial charge on any atom is 0.184 e. The normalized spacial score (nSPS) is 17.2. The molecule has 0 heterocycles. The highest BCUT2D eigenvalue weighted by Gasteiger charge is 2.31. The number of hydrogen-bond donors (Lipinski definition) is 1. The Balaban J connectivity index is 4.22. The molecular weight excluding hydrogens is 200 g/mol. The molecule has 0 rings (SSSR count). The third kappa shape index (κ3) is 4.69. The maximum absolute atomic E-state index is 6.10. The molecule has 0 amide bonds. The van der Waals surface area contributed by atoms with Crippen molar-refractivity contribution in [2.75, 3.05) is 0 Å². The first-order chi connectivity index (χ1) is 5.19. The van der Waals surface area contributed by atoms with Crippen molar-refractivity contribution in [3.05, 3.63) is 0 Å². The van der Waals surface area contributed by atoms with Gasteiger partial charge in [0.15, 0.2) is 8.32 Å². The Bertz CT molecular complexity index is 142. The van der Waals surface area contributed by atoms with Gasteiger partial charge in [-0.2, -0.15) is 0 Å². The molecule has 0 aliphatic rings. The third-order valence-corrected chi connectivity index (χ3v) is 6.34. The molecule has 12 heavy (non-hydrogen) atoms. The third-order valence-electron chi connectivity index (χ3n) is 2.03. The Morgan fingerprint density at radius 2 is 1.75 bits per heavy atom. The van der Waals surface area contributed by atoms with Crippen LogP contribution in [0.25, 0.3) is 0 Å². The van der Waals surface area contributed by atoms with E-state index in [1.165, 1.54) is 0 Å². The summed E-state index contributed by atoms with van der Waals surface area (Å²) in [6.07, 6.45) is 0. The Kier molecular flexibility index (Phi) is 4.57. The van der Waals surface area contributed by atoms with Crippen LogP contribution < -0.4 is 0 Å². The minimum absolute atomic E-state index is 0.0401. The van der Waals surface area contributed by atoms with E-state index in [0.29, 0.717) is 5.54 Å². The van der Waals surface area contributed by atoms with Crippen LogP contribution in [0.1, 0.15) is 20.8 Å². The van der Waals surface area contributed by atoms with Gasteiger partial charge in [0.25, 0.3) is 0 Å². The van der Waals surface area contributed by atoms with Gasteiger partial charge >= 0.3 is 0 Å². The summed E-state index contributed by atoms with van der Waals surface area (Å²) in [5, 5.41) is 0. The van der Waals surface area contributed by atoms with Gasteiger partial charge in [-0.25, -0.2) is 12.1 Å². The fourth-order valence-electron chi connectivity index (χ4n) is 1.11. The maximum atomic E-state index is 6.10. The molecule has 0 spiro atoms. The van der Waals surface area contributed by atoms with Gasteiger partial charge in [-0.15, -0.1) is 0 Å². The molecule has 4 heteroatoms. The largest absolute Gasteiger partial charge is 0.413 e. The number of thiol groups is 1. The fraction of sp³-hybridized carbons (Fsp3) is 1.00. The molecule has 0 saturated heterocycles. The van der Waals surface area contributed by atoms with Crippen LogP contribution in [-0.2, 0) is 4.43 Å². The average molecular weight is 223 g/mol. The van der Waals surface area contributed by atoms with Crippen molar-refractivity contribution in [2.45, 2.75) is 51.6 Å². The molecule has 0 radical (unpaired) electrons. The monoisotopic (exact) mass is 222 g/mol. The van der Waals surface area contributed by atoms with E-state index in [2.05, 4.69) is 52.5 Å². The fourth-order valence-corrected chi connectivity index (χ4v) is 4.90. The minimum Gasteiger partial charge on any atom is -0.413 e. The summed E-state index contributed by atoms with van der Waals surface area (Å²) in [7, 11) is -1.63. The molecule has 1 atom stereocenters. The second-order valence-electron chi connectivity index (χ2n) is 4.90. The highest BCUT2D eigenvalue weighted by Crippen LogP contribution is 2.29. The van der Waals surface area contributed by atoms with Crippen LogP contribution in [0.2, 0.25) is 25.2 Å². The van der Waals surface area contributed by atoms with E-state index in [1.54, 1.807) is 0 Å². The Morgan fingerprint density at radius 1 is 1.33 bits per heavy atom. The molecule has 0 aromatic carbocycles. The van der Waals surface area contributed by atoms with E-state index in [9.17, 15) is 0 Å². The predicted molar refractivity (Wildman–Crippen MR) is 65.5 cm³/mol. The second kappa shape index (κ2) is 4.31. The van der Waals surface area contributed by atoms with Gasteiger partial charge in [0, 0.05) is 0 Å². The molecule has 0 N–H and O–H groups in total. The van der Waals surface area contributed by atoms with E-state index in [-0.39, 0.29) is 14.3 Å². The molecule has 0 bridgehead atoms. The summed E-state index contributed by atoms with van der Waals surface area (Å²) < 4.78 is 6.10. The lowest BCUT2D eigenvalue weighted by Gasteiger charge is -2.37. The van der Waals surface area contributed by atoms with Crippen molar-refractivity contribution < 1.29 is 4.43 Å². The van der Waals surface area contributed by atoms with Gasteiger partial charge in [-0.3, -0.25) is 0 Å². The van der Waals surface area contributed by atoms with Gasteiger partial charge in [0.2, 0.25) is 0 Å². The van der Waals surface area contributed by atoms with Gasteiger partial charge < -0.3 is 4.43 Å². The molecule has 0 aromatic rings. The molecule has 1 unspecified atom stereocenters. The lowest BCUT2D eigenvalue weighted by Crippen LogP contribution is -2.41. The molecule has 0 aliphatic carbocycles. The van der Waals surface area contributed by atoms with Crippen LogP contribution in [0.15, 0.2) is 0 Å². The van der Waals surface area contributed by atoms with E-state index in [1.807, 2.05) is 0 Å². The van der Waals surface area contributed by atoms with E-state index in [0.717, 1.165) is 0 Å². The highest BCUT2D eigenvalue weighted by molar-refractivity contribution is 8.07. The summed E-state index contributed by atoms with van der Waals surface area (Å²) in [4.78, 5) is 0. The molecule has 0 saturated carbocycles. The van der Waals surface area contributed by atoms with Gasteiger partial charge in [-0.05, 0) is 39.0 Å². The molecule has 0 fully saturated rings. The quantitative estimate of drug-likeness (QED) is 0.568. The van der Waals surface area contributed by atoms with Crippen molar-refractivity contribution in [3.63, 3.8) is 0 Å². The molecule has 1 nitrogen and oxygen atoms in total. The predicted octanol–water partition coefficient (Wildman–Crippen LogP) is 2.44. The van der Waals surface area contributed by atoms with Crippen LogP contribution in [0, 0.1) is 0 Å². The minimum atomic E-state index is -1.38. The zero-order chi connectivity index (χ0) is 9.99. The van der Waals surface area contributed by atoms with E-state index in [4.69, 9.17) is 4.43 Å². The van der Waals surface area contributed by atoms with Gasteiger partial charge in [0.05, 0.1) is 14.3 Å². The van der Waals surface area contributed by atoms with Crippen LogP contribution in [0.4, 0.5) is 0 Å². The summed E-state index contributed by atoms with van der Waals surface area (Å²) in [6, 6.07) is 0. The standard InChI is InChI=1S/C8H22OSSi2/c1-7(11-10)8(2,3)9-12(4,5)6/h7,10H,11H2,1-6H3. The molecule has 0 aromatic heterocycles. The Labute approximate surface area is 85.3 Å². The smallest absolute Gasteiger partial charge is 0.184 e. The van der Waals surface area contributed by atoms with E-state index >= 15 is 0 Å². The number of rotatable bonds is 4. The van der Waals surface area contributed by atoms with Crippen LogP contribution >= 0.6 is 12.1 Å². The van der Waals surface area contributed by atoms with Gasteiger partial charge in [0.1, 0.15) is 0 Å². The molecular formula is C8H22OSSi2. The summed E-state index contributed by atoms with van der Waals surface area (Å²) >= 11 is 4.43.